The van der Waals surface area contributed by atoms with E-state index in [0.29, 0.717) is 0 Å². The van der Waals surface area contributed by atoms with E-state index in [-0.39, 0.29) is 0 Å². The third-order valence-corrected chi connectivity index (χ3v) is 4.97. The Morgan fingerprint density at radius 2 is 2.00 bits per heavy atom. The molecule has 0 amide bonds. The molecular weight excluding hydrogens is 168 g/mol. The van der Waals surface area contributed by atoms with E-state index in [1.54, 1.807) is 6.42 Å². The van der Waals surface area contributed by atoms with Crippen molar-refractivity contribution in [2.45, 2.75) is 71.6 Å². The Hall–Kier alpha value is 0. The van der Waals surface area contributed by atoms with Crippen molar-refractivity contribution in [1.29, 1.82) is 0 Å². The van der Waals surface area contributed by atoms with E-state index >= 15 is 0 Å². The van der Waals surface area contributed by atoms with E-state index in [1.165, 1.54) is 51.4 Å². The molecular formula is C14H26. The van der Waals surface area contributed by atoms with Crippen LogP contribution in [0.1, 0.15) is 71.6 Å². The largest absolute Gasteiger partial charge is 0.0654 e. The summed E-state index contributed by atoms with van der Waals surface area (Å²) in [5, 5.41) is 0. The second-order valence-electron chi connectivity index (χ2n) is 6.03. The maximum absolute atomic E-state index is 2.57. The molecule has 0 aromatic rings. The zero-order chi connectivity index (χ0) is 10.0. The maximum Gasteiger partial charge on any atom is -0.0297 e. The Kier molecular flexibility index (Phi) is 3.19. The summed E-state index contributed by atoms with van der Waals surface area (Å²) < 4.78 is 0. The SMILES string of the molecule is CCCC1CCC2(C)CCCCC2C1. The van der Waals surface area contributed by atoms with Crippen LogP contribution in [-0.4, -0.2) is 0 Å². The molecule has 3 unspecified atom stereocenters. The van der Waals surface area contributed by atoms with Crippen molar-refractivity contribution < 1.29 is 0 Å². The van der Waals surface area contributed by atoms with Crippen molar-refractivity contribution in [1.82, 2.24) is 0 Å². The lowest BCUT2D eigenvalue weighted by molar-refractivity contribution is 0.0348. The molecule has 0 aliphatic heterocycles. The normalized spacial score (nSPS) is 43.3. The highest BCUT2D eigenvalue weighted by molar-refractivity contribution is 4.91. The molecule has 82 valence electrons. The summed E-state index contributed by atoms with van der Waals surface area (Å²) in [6, 6.07) is 0. The first-order valence-corrected chi connectivity index (χ1v) is 6.74. The van der Waals surface area contributed by atoms with E-state index in [1.807, 2.05) is 0 Å². The van der Waals surface area contributed by atoms with Crippen molar-refractivity contribution in [3.63, 3.8) is 0 Å². The predicted octanol–water partition coefficient (Wildman–Crippen LogP) is 4.78. The summed E-state index contributed by atoms with van der Waals surface area (Å²) in [5.74, 6) is 2.16. The molecule has 2 aliphatic carbocycles. The maximum atomic E-state index is 2.57. The van der Waals surface area contributed by atoms with Gasteiger partial charge >= 0.3 is 0 Å². The van der Waals surface area contributed by atoms with Gasteiger partial charge in [0.15, 0.2) is 0 Å². The lowest BCUT2D eigenvalue weighted by atomic mass is 9.58. The van der Waals surface area contributed by atoms with Crippen molar-refractivity contribution in [3.05, 3.63) is 0 Å². The van der Waals surface area contributed by atoms with Crippen LogP contribution in [-0.2, 0) is 0 Å². The van der Waals surface area contributed by atoms with Gasteiger partial charge in [0, 0.05) is 0 Å². The molecule has 0 aromatic carbocycles. The van der Waals surface area contributed by atoms with Gasteiger partial charge in [0.05, 0.1) is 0 Å². The number of hydrogen-bond acceptors (Lipinski definition) is 0. The Bertz CT molecular complexity index is 184. The fourth-order valence-corrected chi connectivity index (χ4v) is 3.93. The van der Waals surface area contributed by atoms with E-state index in [4.69, 9.17) is 0 Å². The quantitative estimate of drug-likeness (QED) is 0.593. The summed E-state index contributed by atoms with van der Waals surface area (Å²) in [7, 11) is 0. The molecule has 0 heteroatoms. The number of rotatable bonds is 2. The van der Waals surface area contributed by atoms with E-state index < -0.39 is 0 Å². The van der Waals surface area contributed by atoms with Crippen LogP contribution < -0.4 is 0 Å². The third-order valence-electron chi connectivity index (χ3n) is 4.97. The first-order chi connectivity index (χ1) is 6.74. The smallest absolute Gasteiger partial charge is 0.0297 e. The minimum Gasteiger partial charge on any atom is -0.0654 e. The highest BCUT2D eigenvalue weighted by atomic mass is 14.5. The molecule has 0 bridgehead atoms. The van der Waals surface area contributed by atoms with Gasteiger partial charge in [-0.15, -0.1) is 0 Å². The average Bonchev–Trinajstić information content (AvgIpc) is 2.19. The molecule has 0 spiro atoms. The third kappa shape index (κ3) is 1.99. The van der Waals surface area contributed by atoms with Gasteiger partial charge in [-0.2, -0.15) is 0 Å². The molecule has 2 rings (SSSR count). The molecule has 2 fully saturated rings. The predicted molar refractivity (Wildman–Crippen MR) is 62.3 cm³/mol. The fourth-order valence-electron chi connectivity index (χ4n) is 3.93. The molecule has 2 saturated carbocycles. The lowest BCUT2D eigenvalue weighted by Crippen LogP contribution is -2.36. The van der Waals surface area contributed by atoms with Crippen LogP contribution in [0.4, 0.5) is 0 Å². The zero-order valence-corrected chi connectivity index (χ0v) is 10.0. The topological polar surface area (TPSA) is 0 Å². The van der Waals surface area contributed by atoms with Crippen LogP contribution in [0.5, 0.6) is 0 Å². The van der Waals surface area contributed by atoms with Gasteiger partial charge in [-0.1, -0.05) is 39.5 Å². The Labute approximate surface area is 89.5 Å². The summed E-state index contributed by atoms with van der Waals surface area (Å²) >= 11 is 0. The molecule has 0 radical (unpaired) electrons. The first kappa shape index (κ1) is 10.5. The van der Waals surface area contributed by atoms with Crippen molar-refractivity contribution in [2.75, 3.05) is 0 Å². The number of hydrogen-bond donors (Lipinski definition) is 0. The second-order valence-corrected chi connectivity index (χ2v) is 6.03. The summed E-state index contributed by atoms with van der Waals surface area (Å²) in [6.45, 7) is 4.91. The first-order valence-electron chi connectivity index (χ1n) is 6.74. The van der Waals surface area contributed by atoms with Gasteiger partial charge in [0.2, 0.25) is 0 Å². The Balaban J connectivity index is 1.95. The van der Waals surface area contributed by atoms with Crippen LogP contribution in [0.2, 0.25) is 0 Å². The molecule has 0 aromatic heterocycles. The summed E-state index contributed by atoms with van der Waals surface area (Å²) in [5.41, 5.74) is 0.752. The highest BCUT2D eigenvalue weighted by Gasteiger charge is 2.40. The van der Waals surface area contributed by atoms with Crippen LogP contribution in [0, 0.1) is 17.3 Å². The fraction of sp³-hybridized carbons (Fsp3) is 1.00. The number of fused-ring (bicyclic) bond motifs is 1. The van der Waals surface area contributed by atoms with Gasteiger partial charge in [0.25, 0.3) is 0 Å². The van der Waals surface area contributed by atoms with Gasteiger partial charge in [0.1, 0.15) is 0 Å². The van der Waals surface area contributed by atoms with Gasteiger partial charge in [-0.05, 0) is 49.4 Å². The molecule has 14 heavy (non-hydrogen) atoms. The van der Waals surface area contributed by atoms with Gasteiger partial charge in [-0.25, -0.2) is 0 Å². The van der Waals surface area contributed by atoms with Gasteiger partial charge in [-0.3, -0.25) is 0 Å². The van der Waals surface area contributed by atoms with Crippen LogP contribution in [0.3, 0.4) is 0 Å². The summed E-state index contributed by atoms with van der Waals surface area (Å²) in [6.07, 6.45) is 13.6. The zero-order valence-electron chi connectivity index (χ0n) is 10.0. The van der Waals surface area contributed by atoms with Crippen molar-refractivity contribution in [3.8, 4) is 0 Å². The van der Waals surface area contributed by atoms with E-state index in [9.17, 15) is 0 Å². The Morgan fingerprint density at radius 3 is 2.79 bits per heavy atom. The monoisotopic (exact) mass is 194 g/mol. The van der Waals surface area contributed by atoms with Crippen LogP contribution in [0.15, 0.2) is 0 Å². The van der Waals surface area contributed by atoms with E-state index in [0.717, 1.165) is 17.3 Å². The molecule has 0 N–H and O–H groups in total. The van der Waals surface area contributed by atoms with Gasteiger partial charge < -0.3 is 0 Å². The molecule has 2 aliphatic rings. The minimum atomic E-state index is 0.752. The van der Waals surface area contributed by atoms with E-state index in [2.05, 4.69) is 13.8 Å². The van der Waals surface area contributed by atoms with Crippen molar-refractivity contribution >= 4 is 0 Å². The lowest BCUT2D eigenvalue weighted by Gasteiger charge is -2.47. The average molecular weight is 194 g/mol. The Morgan fingerprint density at radius 1 is 1.14 bits per heavy atom. The molecule has 0 nitrogen and oxygen atoms in total. The van der Waals surface area contributed by atoms with Crippen LogP contribution in [0.25, 0.3) is 0 Å². The molecule has 0 heterocycles. The standard InChI is InChI=1S/C14H26/c1-3-6-12-8-10-14(2)9-5-4-7-13(14)11-12/h12-13H,3-11H2,1-2H3. The second kappa shape index (κ2) is 4.24. The van der Waals surface area contributed by atoms with Crippen molar-refractivity contribution in [2.24, 2.45) is 17.3 Å². The molecule has 0 saturated heterocycles. The minimum absolute atomic E-state index is 0.752. The highest BCUT2D eigenvalue weighted by Crippen LogP contribution is 2.52. The summed E-state index contributed by atoms with van der Waals surface area (Å²) in [4.78, 5) is 0. The van der Waals surface area contributed by atoms with Crippen LogP contribution >= 0.6 is 0 Å². The molecule has 3 atom stereocenters.